The number of rotatable bonds is 3. The van der Waals surface area contributed by atoms with Gasteiger partial charge >= 0.3 is 5.97 Å². The van der Waals surface area contributed by atoms with Crippen molar-refractivity contribution in [3.05, 3.63) is 71.2 Å². The summed E-state index contributed by atoms with van der Waals surface area (Å²) in [4.78, 5) is 20.2. The van der Waals surface area contributed by atoms with Crippen molar-refractivity contribution in [2.75, 3.05) is 0 Å². The predicted molar refractivity (Wildman–Crippen MR) is 85.4 cm³/mol. The lowest BCUT2D eigenvalue weighted by atomic mass is 10.0. The predicted octanol–water partition coefficient (Wildman–Crippen LogP) is 3.55. The van der Waals surface area contributed by atoms with Gasteiger partial charge in [-0.3, -0.25) is 4.98 Å². The normalized spacial score (nSPS) is 16.0. The minimum absolute atomic E-state index is 0.300. The summed E-state index contributed by atoms with van der Waals surface area (Å²) < 4.78 is 5.26. The minimum Gasteiger partial charge on any atom is -0.402 e. The first-order valence-corrected chi connectivity index (χ1v) is 7.16. The maximum Gasteiger partial charge on any atom is 0.363 e. The maximum atomic E-state index is 11.9. The fraction of sp³-hybridized carbons (Fsp3) is 0.167. The van der Waals surface area contributed by atoms with Gasteiger partial charge in [0.05, 0.1) is 0 Å². The fourth-order valence-electron chi connectivity index (χ4n) is 2.16. The maximum absolute atomic E-state index is 11.9. The van der Waals surface area contributed by atoms with Crippen molar-refractivity contribution >= 4 is 17.9 Å². The summed E-state index contributed by atoms with van der Waals surface area (Å²) in [6.07, 6.45) is 5.03. The zero-order valence-corrected chi connectivity index (χ0v) is 12.5. The number of carbonyl (C=O) groups excluding carboxylic acids is 1. The Kier molecular flexibility index (Phi) is 3.83. The third-order valence-corrected chi connectivity index (χ3v) is 3.45. The van der Waals surface area contributed by atoms with E-state index in [9.17, 15) is 4.79 Å². The molecule has 0 unspecified atom stereocenters. The Bertz CT molecular complexity index is 744. The third-order valence-electron chi connectivity index (χ3n) is 3.45. The van der Waals surface area contributed by atoms with Crippen molar-refractivity contribution in [1.82, 2.24) is 4.98 Å². The molecule has 0 atom stereocenters. The van der Waals surface area contributed by atoms with Crippen LogP contribution in [0.1, 0.15) is 36.5 Å². The van der Waals surface area contributed by atoms with E-state index < -0.39 is 5.97 Å². The standard InChI is InChI=1S/C18H16N2O2/c1-12(2)14-3-5-15(6-4-14)17-20-16(18(21)22-17)11-13-7-9-19-10-8-13/h3-12H,1-2H3/b16-11+. The Balaban J connectivity index is 1.88. The topological polar surface area (TPSA) is 51.5 Å². The van der Waals surface area contributed by atoms with Crippen LogP contribution in [0.2, 0.25) is 0 Å². The summed E-state index contributed by atoms with van der Waals surface area (Å²) in [7, 11) is 0. The van der Waals surface area contributed by atoms with Crippen LogP contribution >= 0.6 is 0 Å². The Labute approximate surface area is 129 Å². The quantitative estimate of drug-likeness (QED) is 0.642. The van der Waals surface area contributed by atoms with E-state index >= 15 is 0 Å². The van der Waals surface area contributed by atoms with Crippen LogP contribution in [0.15, 0.2) is 59.5 Å². The zero-order chi connectivity index (χ0) is 15.5. The lowest BCUT2D eigenvalue weighted by molar-refractivity contribution is -0.129. The van der Waals surface area contributed by atoms with E-state index in [0.29, 0.717) is 17.5 Å². The summed E-state index contributed by atoms with van der Waals surface area (Å²) >= 11 is 0. The van der Waals surface area contributed by atoms with Crippen molar-refractivity contribution in [3.8, 4) is 0 Å². The van der Waals surface area contributed by atoms with E-state index in [0.717, 1.165) is 11.1 Å². The fourth-order valence-corrected chi connectivity index (χ4v) is 2.16. The molecular formula is C18H16N2O2. The summed E-state index contributed by atoms with van der Waals surface area (Å²) in [5.74, 6) is 0.379. The molecule has 22 heavy (non-hydrogen) atoms. The molecule has 0 amide bonds. The molecule has 0 aliphatic carbocycles. The van der Waals surface area contributed by atoms with Gasteiger partial charge in [0.15, 0.2) is 5.70 Å². The highest BCUT2D eigenvalue weighted by Gasteiger charge is 2.24. The molecule has 4 nitrogen and oxygen atoms in total. The molecule has 1 aliphatic rings. The molecule has 4 heteroatoms. The van der Waals surface area contributed by atoms with E-state index in [1.807, 2.05) is 36.4 Å². The number of benzene rings is 1. The van der Waals surface area contributed by atoms with Crippen molar-refractivity contribution < 1.29 is 9.53 Å². The first kappa shape index (κ1) is 14.2. The van der Waals surface area contributed by atoms with E-state index in [-0.39, 0.29) is 0 Å². The smallest absolute Gasteiger partial charge is 0.363 e. The number of hydrogen-bond acceptors (Lipinski definition) is 4. The summed E-state index contributed by atoms with van der Waals surface area (Å²) in [5, 5.41) is 0. The minimum atomic E-state index is -0.431. The van der Waals surface area contributed by atoms with Crippen LogP contribution in [0.5, 0.6) is 0 Å². The molecule has 1 aliphatic heterocycles. The zero-order valence-electron chi connectivity index (χ0n) is 12.5. The van der Waals surface area contributed by atoms with E-state index in [1.165, 1.54) is 5.56 Å². The molecule has 3 rings (SSSR count). The van der Waals surface area contributed by atoms with Crippen LogP contribution in [0.3, 0.4) is 0 Å². The number of aliphatic imine (C=N–C) groups is 1. The molecule has 0 saturated heterocycles. The molecular weight excluding hydrogens is 276 g/mol. The second-order valence-electron chi connectivity index (χ2n) is 5.39. The molecule has 0 spiro atoms. The van der Waals surface area contributed by atoms with Crippen LogP contribution in [-0.4, -0.2) is 16.9 Å². The summed E-state index contributed by atoms with van der Waals surface area (Å²) in [6.45, 7) is 4.27. The number of ether oxygens (including phenoxy) is 1. The monoisotopic (exact) mass is 292 g/mol. The van der Waals surface area contributed by atoms with Crippen LogP contribution in [0.4, 0.5) is 0 Å². The second-order valence-corrected chi connectivity index (χ2v) is 5.39. The Morgan fingerprint density at radius 3 is 2.36 bits per heavy atom. The van der Waals surface area contributed by atoms with Crippen molar-refractivity contribution in [2.45, 2.75) is 19.8 Å². The van der Waals surface area contributed by atoms with Gasteiger partial charge in [-0.25, -0.2) is 9.79 Å². The van der Waals surface area contributed by atoms with Gasteiger partial charge in [0.1, 0.15) is 0 Å². The number of esters is 1. The lowest BCUT2D eigenvalue weighted by Crippen LogP contribution is -2.05. The molecule has 2 aromatic rings. The molecule has 1 aromatic heterocycles. The number of aromatic nitrogens is 1. The van der Waals surface area contributed by atoms with Crippen LogP contribution < -0.4 is 0 Å². The van der Waals surface area contributed by atoms with Gasteiger partial charge in [0.2, 0.25) is 5.90 Å². The molecule has 1 aromatic carbocycles. The van der Waals surface area contributed by atoms with Crippen LogP contribution in [0, 0.1) is 0 Å². The summed E-state index contributed by atoms with van der Waals surface area (Å²) in [5.41, 5.74) is 3.20. The van der Waals surface area contributed by atoms with Crippen LogP contribution in [0.25, 0.3) is 6.08 Å². The number of hydrogen-bond donors (Lipinski definition) is 0. The number of nitrogens with zero attached hydrogens (tertiary/aromatic N) is 2. The molecule has 0 N–H and O–H groups in total. The number of carbonyl (C=O) groups is 1. The Morgan fingerprint density at radius 2 is 1.73 bits per heavy atom. The molecule has 0 bridgehead atoms. The largest absolute Gasteiger partial charge is 0.402 e. The van der Waals surface area contributed by atoms with Gasteiger partial charge in [0, 0.05) is 18.0 Å². The highest BCUT2D eigenvalue weighted by molar-refractivity contribution is 6.12. The molecule has 0 saturated carbocycles. The Morgan fingerprint density at radius 1 is 1.05 bits per heavy atom. The molecule has 0 fully saturated rings. The van der Waals surface area contributed by atoms with Gasteiger partial charge < -0.3 is 4.74 Å². The second kappa shape index (κ2) is 5.93. The first-order valence-electron chi connectivity index (χ1n) is 7.16. The number of cyclic esters (lactones) is 1. The van der Waals surface area contributed by atoms with Crippen molar-refractivity contribution in [3.63, 3.8) is 0 Å². The lowest BCUT2D eigenvalue weighted by Gasteiger charge is -2.05. The Hall–Kier alpha value is -2.75. The average Bonchev–Trinajstić information content (AvgIpc) is 2.89. The molecule has 0 radical (unpaired) electrons. The highest BCUT2D eigenvalue weighted by atomic mass is 16.6. The van der Waals surface area contributed by atoms with Crippen molar-refractivity contribution in [1.29, 1.82) is 0 Å². The third kappa shape index (κ3) is 2.96. The SMILES string of the molecule is CC(C)c1ccc(C2=N/C(=C/c3ccncc3)C(=O)O2)cc1. The van der Waals surface area contributed by atoms with Gasteiger partial charge in [-0.1, -0.05) is 26.0 Å². The molecule has 110 valence electrons. The highest BCUT2D eigenvalue weighted by Crippen LogP contribution is 2.21. The van der Waals surface area contributed by atoms with Crippen molar-refractivity contribution in [2.24, 2.45) is 4.99 Å². The summed E-state index contributed by atoms with van der Waals surface area (Å²) in [6, 6.07) is 11.5. The van der Waals surface area contributed by atoms with Gasteiger partial charge in [-0.2, -0.15) is 0 Å². The first-order chi connectivity index (χ1) is 10.6. The van der Waals surface area contributed by atoms with Gasteiger partial charge in [0.25, 0.3) is 0 Å². The van der Waals surface area contributed by atoms with Gasteiger partial charge in [-0.05, 0) is 47.4 Å². The molecule has 2 heterocycles. The van der Waals surface area contributed by atoms with Gasteiger partial charge in [-0.15, -0.1) is 0 Å². The van der Waals surface area contributed by atoms with E-state index in [2.05, 4.69) is 23.8 Å². The van der Waals surface area contributed by atoms with E-state index in [4.69, 9.17) is 4.74 Å². The average molecular weight is 292 g/mol. The van der Waals surface area contributed by atoms with E-state index in [1.54, 1.807) is 18.5 Å². The number of pyridine rings is 1. The van der Waals surface area contributed by atoms with Crippen LogP contribution in [-0.2, 0) is 9.53 Å².